The summed E-state index contributed by atoms with van der Waals surface area (Å²) < 4.78 is 12.2. The molecule has 1 aromatic heterocycles. The third-order valence-electron chi connectivity index (χ3n) is 5.21. The van der Waals surface area contributed by atoms with Crippen molar-refractivity contribution >= 4 is 27.5 Å². The number of thiazole rings is 1. The van der Waals surface area contributed by atoms with Crippen LogP contribution in [0.1, 0.15) is 22.3 Å². The average molecular weight is 413 g/mol. The number of para-hydroxylation sites is 1. The standard InChI is InChI=1S/C22H25N3O3S/c1-3-28-18-9-8-16(14-19(18)27-2)22(26)25-12-10-24(11-13-25)15-21-23-17-6-4-5-7-20(17)29-21/h4-9,14H,3,10-13,15H2,1-2H3/p+1. The van der Waals surface area contributed by atoms with Gasteiger partial charge in [-0.15, -0.1) is 11.3 Å². The highest BCUT2D eigenvalue weighted by molar-refractivity contribution is 7.18. The van der Waals surface area contributed by atoms with Crippen molar-refractivity contribution in [3.05, 3.63) is 53.0 Å². The van der Waals surface area contributed by atoms with E-state index in [1.54, 1.807) is 24.5 Å². The zero-order valence-corrected chi connectivity index (χ0v) is 17.6. The molecule has 29 heavy (non-hydrogen) atoms. The largest absolute Gasteiger partial charge is 0.493 e. The Morgan fingerprint density at radius 2 is 1.97 bits per heavy atom. The van der Waals surface area contributed by atoms with Gasteiger partial charge in [-0.05, 0) is 37.3 Å². The van der Waals surface area contributed by atoms with Crippen LogP contribution < -0.4 is 14.4 Å². The molecule has 0 spiro atoms. The molecule has 4 rings (SSSR count). The maximum atomic E-state index is 12.9. The highest BCUT2D eigenvalue weighted by Gasteiger charge is 2.26. The topological polar surface area (TPSA) is 56.1 Å². The predicted molar refractivity (Wildman–Crippen MR) is 114 cm³/mol. The third kappa shape index (κ3) is 4.36. The van der Waals surface area contributed by atoms with E-state index in [-0.39, 0.29) is 5.91 Å². The Bertz CT molecular complexity index is 963. The Labute approximate surface area is 174 Å². The molecule has 2 aromatic carbocycles. The van der Waals surface area contributed by atoms with Crippen LogP contribution in [-0.2, 0) is 6.54 Å². The van der Waals surface area contributed by atoms with Crippen LogP contribution in [0.4, 0.5) is 0 Å². The highest BCUT2D eigenvalue weighted by atomic mass is 32.1. The fourth-order valence-corrected chi connectivity index (χ4v) is 4.71. The van der Waals surface area contributed by atoms with Gasteiger partial charge in [0.25, 0.3) is 5.91 Å². The Kier molecular flexibility index (Phi) is 5.97. The van der Waals surface area contributed by atoms with Crippen molar-refractivity contribution in [3.8, 4) is 11.5 Å². The molecular weight excluding hydrogens is 386 g/mol. The van der Waals surface area contributed by atoms with Crippen molar-refractivity contribution in [2.75, 3.05) is 39.9 Å². The van der Waals surface area contributed by atoms with Gasteiger partial charge in [-0.2, -0.15) is 0 Å². The maximum absolute atomic E-state index is 12.9. The van der Waals surface area contributed by atoms with Gasteiger partial charge in [-0.3, -0.25) is 4.79 Å². The number of fused-ring (bicyclic) bond motifs is 1. The van der Waals surface area contributed by atoms with Crippen LogP contribution in [0.5, 0.6) is 11.5 Å². The number of quaternary nitrogens is 1. The van der Waals surface area contributed by atoms with Gasteiger partial charge in [0.1, 0.15) is 11.6 Å². The van der Waals surface area contributed by atoms with Gasteiger partial charge in [-0.25, -0.2) is 4.98 Å². The molecule has 0 radical (unpaired) electrons. The second kappa shape index (κ2) is 8.80. The van der Waals surface area contributed by atoms with E-state index >= 15 is 0 Å². The first-order valence-corrected chi connectivity index (χ1v) is 10.8. The van der Waals surface area contributed by atoms with E-state index in [2.05, 4.69) is 18.2 Å². The summed E-state index contributed by atoms with van der Waals surface area (Å²) in [5, 5.41) is 1.16. The average Bonchev–Trinajstić information content (AvgIpc) is 3.16. The molecule has 0 saturated carbocycles. The number of hydrogen-bond acceptors (Lipinski definition) is 5. The smallest absolute Gasteiger partial charge is 0.254 e. The van der Waals surface area contributed by atoms with Crippen LogP contribution in [0.25, 0.3) is 10.2 Å². The summed E-state index contributed by atoms with van der Waals surface area (Å²) in [5.41, 5.74) is 1.71. The van der Waals surface area contributed by atoms with Crippen molar-refractivity contribution in [1.82, 2.24) is 9.88 Å². The van der Waals surface area contributed by atoms with Gasteiger partial charge in [0, 0.05) is 5.56 Å². The summed E-state index contributed by atoms with van der Waals surface area (Å²) >= 11 is 1.77. The van der Waals surface area contributed by atoms with E-state index in [4.69, 9.17) is 14.5 Å². The Hall–Kier alpha value is -2.64. The zero-order chi connectivity index (χ0) is 20.2. The fourth-order valence-electron chi connectivity index (χ4n) is 3.67. The van der Waals surface area contributed by atoms with Crippen LogP contribution in [0.2, 0.25) is 0 Å². The number of rotatable bonds is 6. The molecule has 2 heterocycles. The number of methoxy groups -OCH3 is 1. The lowest BCUT2D eigenvalue weighted by molar-refractivity contribution is -0.917. The van der Waals surface area contributed by atoms with E-state index in [0.717, 1.165) is 43.2 Å². The monoisotopic (exact) mass is 412 g/mol. The van der Waals surface area contributed by atoms with Gasteiger partial charge in [0.05, 0.1) is 50.1 Å². The molecule has 0 unspecified atom stereocenters. The number of carbonyl (C=O) groups excluding carboxylic acids is 1. The van der Waals surface area contributed by atoms with Crippen molar-refractivity contribution in [2.45, 2.75) is 13.5 Å². The predicted octanol–water partition coefficient (Wildman–Crippen LogP) is 2.24. The second-order valence-electron chi connectivity index (χ2n) is 7.09. The lowest BCUT2D eigenvalue weighted by Crippen LogP contribution is -3.13. The van der Waals surface area contributed by atoms with Crippen LogP contribution in [0.15, 0.2) is 42.5 Å². The van der Waals surface area contributed by atoms with Gasteiger partial charge in [-0.1, -0.05) is 12.1 Å². The summed E-state index contributed by atoms with van der Waals surface area (Å²) in [7, 11) is 1.59. The minimum Gasteiger partial charge on any atom is -0.493 e. The molecule has 3 aromatic rings. The van der Waals surface area contributed by atoms with Gasteiger partial charge in [0.15, 0.2) is 11.5 Å². The minimum absolute atomic E-state index is 0.0467. The number of amides is 1. The number of hydrogen-bond donors (Lipinski definition) is 1. The molecule has 7 heteroatoms. The third-order valence-corrected chi connectivity index (χ3v) is 6.24. The molecule has 1 aliphatic rings. The number of aromatic nitrogens is 1. The van der Waals surface area contributed by atoms with Crippen LogP contribution in [0, 0.1) is 0 Å². The molecule has 152 valence electrons. The van der Waals surface area contributed by atoms with Crippen molar-refractivity contribution in [3.63, 3.8) is 0 Å². The SMILES string of the molecule is CCOc1ccc(C(=O)N2CC[NH+](Cc3nc4ccccc4s3)CC2)cc1OC. The minimum atomic E-state index is 0.0467. The van der Waals surface area contributed by atoms with E-state index in [9.17, 15) is 4.79 Å². The molecule has 1 saturated heterocycles. The summed E-state index contributed by atoms with van der Waals surface area (Å²) in [6, 6.07) is 13.7. The number of nitrogens with one attached hydrogen (secondary N) is 1. The lowest BCUT2D eigenvalue weighted by atomic mass is 10.1. The summed E-state index contributed by atoms with van der Waals surface area (Å²) in [6.45, 7) is 6.74. The van der Waals surface area contributed by atoms with Crippen molar-refractivity contribution < 1.29 is 19.2 Å². The number of piperazine rings is 1. The van der Waals surface area contributed by atoms with Gasteiger partial charge < -0.3 is 19.3 Å². The van der Waals surface area contributed by atoms with E-state index in [1.807, 2.05) is 30.0 Å². The van der Waals surface area contributed by atoms with Crippen LogP contribution in [0.3, 0.4) is 0 Å². The normalized spacial score (nSPS) is 14.9. The number of nitrogens with zero attached hydrogens (tertiary/aromatic N) is 2. The first kappa shape index (κ1) is 19.7. The molecule has 1 amide bonds. The Morgan fingerprint density at radius 1 is 1.17 bits per heavy atom. The van der Waals surface area contributed by atoms with E-state index < -0.39 is 0 Å². The molecular formula is C22H26N3O3S+. The Balaban J connectivity index is 1.37. The van der Waals surface area contributed by atoms with Crippen LogP contribution >= 0.6 is 11.3 Å². The van der Waals surface area contributed by atoms with Crippen molar-refractivity contribution in [1.29, 1.82) is 0 Å². The summed E-state index contributed by atoms with van der Waals surface area (Å²) in [5.74, 6) is 1.31. The quantitative estimate of drug-likeness (QED) is 0.675. The first-order chi connectivity index (χ1) is 14.2. The number of benzene rings is 2. The first-order valence-electron chi connectivity index (χ1n) is 9.96. The van der Waals surface area contributed by atoms with E-state index in [1.165, 1.54) is 9.60 Å². The second-order valence-corrected chi connectivity index (χ2v) is 8.21. The molecule has 0 bridgehead atoms. The lowest BCUT2D eigenvalue weighted by Gasteiger charge is -2.32. The highest BCUT2D eigenvalue weighted by Crippen LogP contribution is 2.28. The van der Waals surface area contributed by atoms with Crippen LogP contribution in [-0.4, -0.2) is 55.7 Å². The van der Waals surface area contributed by atoms with Gasteiger partial charge in [0.2, 0.25) is 0 Å². The number of carbonyl (C=O) groups is 1. The van der Waals surface area contributed by atoms with E-state index in [0.29, 0.717) is 23.7 Å². The fraction of sp³-hybridized carbons (Fsp3) is 0.364. The molecule has 1 fully saturated rings. The zero-order valence-electron chi connectivity index (χ0n) is 16.8. The molecule has 1 N–H and O–H groups in total. The van der Waals surface area contributed by atoms with Gasteiger partial charge >= 0.3 is 0 Å². The molecule has 6 nitrogen and oxygen atoms in total. The molecule has 0 aliphatic carbocycles. The maximum Gasteiger partial charge on any atom is 0.254 e. The molecule has 0 atom stereocenters. The molecule has 1 aliphatic heterocycles. The summed E-state index contributed by atoms with van der Waals surface area (Å²) in [6.07, 6.45) is 0. The van der Waals surface area contributed by atoms with Crippen molar-refractivity contribution in [2.24, 2.45) is 0 Å². The Morgan fingerprint density at radius 3 is 2.69 bits per heavy atom. The number of ether oxygens (including phenoxy) is 2. The summed E-state index contributed by atoms with van der Waals surface area (Å²) in [4.78, 5) is 21.1.